The fourth-order valence-electron chi connectivity index (χ4n) is 2.17. The Morgan fingerprint density at radius 3 is 2.57 bits per heavy atom. The number of halogens is 3. The zero-order valence-electron chi connectivity index (χ0n) is 12.8. The number of alkyl halides is 3. The Kier molecular flexibility index (Phi) is 6.01. The van der Waals surface area contributed by atoms with Crippen LogP contribution < -0.4 is 4.74 Å². The number of hydrogen-bond acceptors (Lipinski definition) is 4. The predicted molar refractivity (Wildman–Crippen MR) is 76.1 cm³/mol. The van der Waals surface area contributed by atoms with Gasteiger partial charge in [-0.1, -0.05) is 0 Å². The molecule has 7 heteroatoms. The first-order valence-electron chi connectivity index (χ1n) is 7.48. The topological polar surface area (TPSA) is 44.8 Å². The maximum absolute atomic E-state index is 12.4. The van der Waals surface area contributed by atoms with Crippen molar-refractivity contribution in [3.63, 3.8) is 0 Å². The van der Waals surface area contributed by atoms with Crippen molar-refractivity contribution in [3.05, 3.63) is 29.8 Å². The van der Waals surface area contributed by atoms with Gasteiger partial charge in [-0.05, 0) is 50.5 Å². The average molecular weight is 332 g/mol. The van der Waals surface area contributed by atoms with E-state index in [0.717, 1.165) is 43.5 Å². The van der Waals surface area contributed by atoms with E-state index in [1.54, 1.807) is 0 Å². The first-order valence-corrected chi connectivity index (χ1v) is 7.48. The van der Waals surface area contributed by atoms with Gasteiger partial charge < -0.3 is 14.2 Å². The molecule has 0 spiro atoms. The lowest BCUT2D eigenvalue weighted by molar-refractivity contribution is -0.149. The van der Waals surface area contributed by atoms with Crippen LogP contribution in [0.4, 0.5) is 13.2 Å². The van der Waals surface area contributed by atoms with Crippen molar-refractivity contribution >= 4 is 5.97 Å². The highest BCUT2D eigenvalue weighted by atomic mass is 19.4. The Hall–Kier alpha value is -1.60. The highest BCUT2D eigenvalue weighted by Crippen LogP contribution is 2.30. The first-order chi connectivity index (χ1) is 10.9. The highest BCUT2D eigenvalue weighted by molar-refractivity contribution is 5.76. The third kappa shape index (κ3) is 5.51. The second-order valence-corrected chi connectivity index (χ2v) is 5.41. The molecule has 0 amide bonds. The fourth-order valence-corrected chi connectivity index (χ4v) is 2.17. The van der Waals surface area contributed by atoms with Crippen LogP contribution >= 0.6 is 0 Å². The van der Waals surface area contributed by atoms with Gasteiger partial charge in [0.1, 0.15) is 5.75 Å². The molecule has 1 aromatic rings. The second kappa shape index (κ2) is 7.79. The third-order valence-corrected chi connectivity index (χ3v) is 3.54. The quantitative estimate of drug-likeness (QED) is 0.611. The number of carbonyl (C=O) groups excluding carboxylic acids is 1. The number of esters is 1. The summed E-state index contributed by atoms with van der Waals surface area (Å²) in [6, 6.07) is 3.95. The van der Waals surface area contributed by atoms with Crippen LogP contribution in [0, 0.1) is 0 Å². The summed E-state index contributed by atoms with van der Waals surface area (Å²) in [5.41, 5.74) is -0.795. The molecule has 2 rings (SSSR count). The second-order valence-electron chi connectivity index (χ2n) is 5.41. The van der Waals surface area contributed by atoms with E-state index >= 15 is 0 Å². The number of rotatable bonds is 5. The van der Waals surface area contributed by atoms with Crippen molar-refractivity contribution in [3.8, 4) is 5.75 Å². The monoisotopic (exact) mass is 332 g/mol. The zero-order valence-corrected chi connectivity index (χ0v) is 12.8. The maximum Gasteiger partial charge on any atom is 0.416 e. The van der Waals surface area contributed by atoms with Crippen LogP contribution in [0.5, 0.6) is 5.75 Å². The molecule has 0 aromatic heterocycles. The van der Waals surface area contributed by atoms with Crippen molar-refractivity contribution in [1.29, 1.82) is 0 Å². The van der Waals surface area contributed by atoms with E-state index < -0.39 is 23.8 Å². The molecule has 0 aliphatic carbocycles. The van der Waals surface area contributed by atoms with Gasteiger partial charge in [-0.3, -0.25) is 0 Å². The summed E-state index contributed by atoms with van der Waals surface area (Å²) in [7, 11) is 0. The van der Waals surface area contributed by atoms with Gasteiger partial charge in [-0.25, -0.2) is 4.79 Å². The van der Waals surface area contributed by atoms with Crippen molar-refractivity contribution in [2.75, 3.05) is 13.2 Å². The summed E-state index contributed by atoms with van der Waals surface area (Å²) < 4.78 is 53.3. The number of benzene rings is 1. The standard InChI is InChI=1S/C16H19F3O4/c1-11(22-10-14-4-2-3-9-21-14)15(20)23-13-7-5-12(6-8-13)16(17,18)19/h5-8,11,14H,2-4,9-10H2,1H3. The molecule has 0 saturated carbocycles. The molecule has 2 atom stereocenters. The summed E-state index contributed by atoms with van der Waals surface area (Å²) in [4.78, 5) is 11.9. The summed E-state index contributed by atoms with van der Waals surface area (Å²) >= 11 is 0. The van der Waals surface area contributed by atoms with Crippen molar-refractivity contribution in [2.24, 2.45) is 0 Å². The normalized spacial score (nSPS) is 20.1. The van der Waals surface area contributed by atoms with Gasteiger partial charge >= 0.3 is 12.1 Å². The summed E-state index contributed by atoms with van der Waals surface area (Å²) in [6.07, 6.45) is -2.27. The van der Waals surface area contributed by atoms with Gasteiger partial charge in [0.2, 0.25) is 0 Å². The van der Waals surface area contributed by atoms with E-state index in [1.807, 2.05) is 0 Å². The lowest BCUT2D eigenvalue weighted by Crippen LogP contribution is -2.31. The molecule has 0 bridgehead atoms. The van der Waals surface area contributed by atoms with Gasteiger partial charge in [-0.15, -0.1) is 0 Å². The smallest absolute Gasteiger partial charge is 0.416 e. The molecule has 4 nitrogen and oxygen atoms in total. The predicted octanol–water partition coefficient (Wildman–Crippen LogP) is 3.59. The van der Waals surface area contributed by atoms with Gasteiger partial charge in [0.05, 0.1) is 18.3 Å². The summed E-state index contributed by atoms with van der Waals surface area (Å²) in [5, 5.41) is 0. The van der Waals surface area contributed by atoms with Gasteiger partial charge in [0.15, 0.2) is 6.10 Å². The van der Waals surface area contributed by atoms with Gasteiger partial charge in [0.25, 0.3) is 0 Å². The van der Waals surface area contributed by atoms with E-state index in [0.29, 0.717) is 13.2 Å². The fraction of sp³-hybridized carbons (Fsp3) is 0.562. The minimum Gasteiger partial charge on any atom is -0.425 e. The first kappa shape index (κ1) is 17.7. The molecule has 1 saturated heterocycles. The Morgan fingerprint density at radius 2 is 2.00 bits per heavy atom. The van der Waals surface area contributed by atoms with Crippen molar-refractivity contribution in [1.82, 2.24) is 0 Å². The van der Waals surface area contributed by atoms with E-state index in [2.05, 4.69) is 0 Å². The van der Waals surface area contributed by atoms with Gasteiger partial charge in [0, 0.05) is 6.61 Å². The Labute approximate surface area is 132 Å². The van der Waals surface area contributed by atoms with Crippen molar-refractivity contribution in [2.45, 2.75) is 44.6 Å². The Balaban J connectivity index is 1.80. The SMILES string of the molecule is CC(OCC1CCCCO1)C(=O)Oc1ccc(C(F)(F)F)cc1. The molecule has 1 fully saturated rings. The Bertz CT molecular complexity index is 507. The van der Waals surface area contributed by atoms with E-state index in [4.69, 9.17) is 14.2 Å². The Morgan fingerprint density at radius 1 is 1.30 bits per heavy atom. The molecular formula is C16H19F3O4. The van der Waals surface area contributed by atoms with Crippen LogP contribution in [-0.2, 0) is 20.4 Å². The molecule has 1 aromatic carbocycles. The molecule has 23 heavy (non-hydrogen) atoms. The minimum absolute atomic E-state index is 0.0231. The molecular weight excluding hydrogens is 313 g/mol. The van der Waals surface area contributed by atoms with Crippen LogP contribution in [0.1, 0.15) is 31.7 Å². The van der Waals surface area contributed by atoms with Crippen LogP contribution in [-0.4, -0.2) is 31.4 Å². The molecule has 128 valence electrons. The largest absolute Gasteiger partial charge is 0.425 e. The molecule has 2 unspecified atom stereocenters. The molecule has 1 aliphatic rings. The number of ether oxygens (including phenoxy) is 3. The van der Waals surface area contributed by atoms with E-state index in [9.17, 15) is 18.0 Å². The molecule has 1 heterocycles. The lowest BCUT2D eigenvalue weighted by Gasteiger charge is -2.23. The van der Waals surface area contributed by atoms with E-state index in [1.165, 1.54) is 6.92 Å². The highest BCUT2D eigenvalue weighted by Gasteiger charge is 2.30. The lowest BCUT2D eigenvalue weighted by atomic mass is 10.1. The number of carbonyl (C=O) groups is 1. The molecule has 1 aliphatic heterocycles. The van der Waals surface area contributed by atoms with E-state index in [-0.39, 0.29) is 11.9 Å². The van der Waals surface area contributed by atoms with Crippen LogP contribution in [0.25, 0.3) is 0 Å². The zero-order chi connectivity index (χ0) is 16.9. The molecule has 0 radical (unpaired) electrons. The average Bonchev–Trinajstić information content (AvgIpc) is 2.53. The summed E-state index contributed by atoms with van der Waals surface area (Å²) in [6.45, 7) is 2.52. The van der Waals surface area contributed by atoms with Crippen LogP contribution in [0.3, 0.4) is 0 Å². The molecule has 0 N–H and O–H groups in total. The maximum atomic E-state index is 12.4. The van der Waals surface area contributed by atoms with Crippen LogP contribution in [0.15, 0.2) is 24.3 Å². The number of hydrogen-bond donors (Lipinski definition) is 0. The third-order valence-electron chi connectivity index (χ3n) is 3.54. The van der Waals surface area contributed by atoms with Crippen LogP contribution in [0.2, 0.25) is 0 Å². The van der Waals surface area contributed by atoms with Crippen molar-refractivity contribution < 1.29 is 32.2 Å². The summed E-state index contributed by atoms with van der Waals surface area (Å²) in [5.74, 6) is -0.604. The van der Waals surface area contributed by atoms with Gasteiger partial charge in [-0.2, -0.15) is 13.2 Å². The minimum atomic E-state index is -4.42.